The topological polar surface area (TPSA) is 28.7 Å². The molecular weight excluding hydrogens is 372 g/mol. The summed E-state index contributed by atoms with van der Waals surface area (Å²) >= 11 is 3.70. The molecule has 1 aromatic heterocycles. The third-order valence-corrected chi connectivity index (χ3v) is 5.17. The van der Waals surface area contributed by atoms with E-state index in [4.69, 9.17) is 0 Å². The first-order valence-electron chi connectivity index (χ1n) is 8.20. The lowest BCUT2D eigenvalue weighted by atomic mass is 9.67. The van der Waals surface area contributed by atoms with Gasteiger partial charge in [-0.05, 0) is 32.6 Å². The van der Waals surface area contributed by atoms with E-state index < -0.39 is 5.41 Å². The summed E-state index contributed by atoms with van der Waals surface area (Å²) in [7, 11) is 0. The number of H-pyrrole nitrogens is 1. The zero-order valence-electron chi connectivity index (χ0n) is 13.6. The highest BCUT2D eigenvalue weighted by molar-refractivity contribution is 9.10. The van der Waals surface area contributed by atoms with Crippen LogP contribution in [0.5, 0.6) is 0 Å². The summed E-state index contributed by atoms with van der Waals surface area (Å²) in [6, 6.07) is 31.6. The fraction of sp³-hybridized carbons (Fsp3) is 0.0455. The molecule has 0 aliphatic rings. The van der Waals surface area contributed by atoms with Crippen molar-refractivity contribution < 1.29 is 0 Å². The van der Waals surface area contributed by atoms with Crippen LogP contribution in [0.3, 0.4) is 0 Å². The number of halogens is 1. The van der Waals surface area contributed by atoms with Crippen molar-refractivity contribution in [3.05, 3.63) is 124 Å². The van der Waals surface area contributed by atoms with Gasteiger partial charge in [0.05, 0.1) is 15.6 Å². The Morgan fingerprint density at radius 3 is 1.36 bits per heavy atom. The summed E-state index contributed by atoms with van der Waals surface area (Å²) in [5.74, 6) is 0. The summed E-state index contributed by atoms with van der Waals surface area (Å²) in [6.07, 6.45) is 1.89. The molecule has 0 saturated carbocycles. The zero-order valence-corrected chi connectivity index (χ0v) is 15.1. The summed E-state index contributed by atoms with van der Waals surface area (Å²) in [6.45, 7) is 0. The molecule has 2 nitrogen and oxygen atoms in total. The molecule has 0 unspecified atom stereocenters. The lowest BCUT2D eigenvalue weighted by molar-refractivity contribution is 0.705. The molecule has 0 atom stereocenters. The molecule has 4 aromatic rings. The normalized spacial score (nSPS) is 11.4. The van der Waals surface area contributed by atoms with E-state index in [1.807, 2.05) is 24.4 Å². The van der Waals surface area contributed by atoms with Gasteiger partial charge in [-0.1, -0.05) is 91.0 Å². The Labute approximate surface area is 155 Å². The highest BCUT2D eigenvalue weighted by atomic mass is 79.9. The average Bonchev–Trinajstić information content (AvgIpc) is 3.12. The van der Waals surface area contributed by atoms with E-state index in [9.17, 15) is 0 Å². The van der Waals surface area contributed by atoms with Gasteiger partial charge in [0, 0.05) is 6.20 Å². The predicted octanol–water partition coefficient (Wildman–Crippen LogP) is 5.55. The standard InChI is InChI=1S/C22H17BrN2/c23-20-16-24-25-21(20)22(17-10-4-1-5-11-17,18-12-6-2-7-13-18)19-14-8-3-9-15-19/h1-16H,(H,24,25). The van der Waals surface area contributed by atoms with Crippen molar-refractivity contribution in [2.75, 3.05) is 0 Å². The molecule has 0 radical (unpaired) electrons. The minimum atomic E-state index is -0.497. The molecule has 0 aliphatic carbocycles. The van der Waals surface area contributed by atoms with Crippen LogP contribution in [0.15, 0.2) is 102 Å². The Balaban J connectivity index is 2.15. The first kappa shape index (κ1) is 15.9. The Kier molecular flexibility index (Phi) is 4.24. The van der Waals surface area contributed by atoms with E-state index in [-0.39, 0.29) is 0 Å². The second-order valence-electron chi connectivity index (χ2n) is 5.93. The van der Waals surface area contributed by atoms with E-state index in [0.717, 1.165) is 10.2 Å². The number of hydrogen-bond donors (Lipinski definition) is 1. The van der Waals surface area contributed by atoms with Gasteiger partial charge in [-0.3, -0.25) is 5.10 Å². The Hall–Kier alpha value is -2.65. The number of nitrogens with zero attached hydrogens (tertiary/aromatic N) is 1. The molecule has 0 spiro atoms. The van der Waals surface area contributed by atoms with Crippen LogP contribution >= 0.6 is 15.9 Å². The second kappa shape index (κ2) is 6.69. The maximum Gasteiger partial charge on any atom is 0.0958 e. The second-order valence-corrected chi connectivity index (χ2v) is 6.78. The van der Waals surface area contributed by atoms with Crippen molar-refractivity contribution in [2.24, 2.45) is 0 Å². The molecule has 122 valence electrons. The number of aromatic nitrogens is 2. The summed E-state index contributed by atoms with van der Waals surface area (Å²) in [5, 5.41) is 7.66. The van der Waals surface area contributed by atoms with Crippen LogP contribution in [0.25, 0.3) is 0 Å². The first-order valence-corrected chi connectivity index (χ1v) is 8.99. The van der Waals surface area contributed by atoms with Crippen molar-refractivity contribution in [1.82, 2.24) is 10.2 Å². The number of hydrogen-bond acceptors (Lipinski definition) is 1. The number of rotatable bonds is 4. The first-order chi connectivity index (χ1) is 12.3. The van der Waals surface area contributed by atoms with E-state index in [1.54, 1.807) is 0 Å². The lowest BCUT2D eigenvalue weighted by Crippen LogP contribution is -2.31. The molecule has 0 bridgehead atoms. The van der Waals surface area contributed by atoms with Crippen LogP contribution in [0.2, 0.25) is 0 Å². The Morgan fingerprint density at radius 1 is 0.640 bits per heavy atom. The van der Waals surface area contributed by atoms with Crippen LogP contribution in [0.4, 0.5) is 0 Å². The molecule has 3 heteroatoms. The summed E-state index contributed by atoms with van der Waals surface area (Å²) in [4.78, 5) is 0. The molecule has 4 rings (SSSR count). The van der Waals surface area contributed by atoms with Crippen molar-refractivity contribution in [3.8, 4) is 0 Å². The van der Waals surface area contributed by atoms with Gasteiger partial charge in [0.2, 0.25) is 0 Å². The molecule has 0 aliphatic heterocycles. The average molecular weight is 389 g/mol. The third kappa shape index (κ3) is 2.61. The molecule has 25 heavy (non-hydrogen) atoms. The van der Waals surface area contributed by atoms with Gasteiger partial charge in [-0.15, -0.1) is 0 Å². The van der Waals surface area contributed by atoms with Gasteiger partial charge >= 0.3 is 0 Å². The minimum absolute atomic E-state index is 0.497. The van der Waals surface area contributed by atoms with Gasteiger partial charge in [-0.25, -0.2) is 0 Å². The van der Waals surface area contributed by atoms with E-state index in [1.165, 1.54) is 16.7 Å². The largest absolute Gasteiger partial charge is 0.284 e. The third-order valence-electron chi connectivity index (χ3n) is 4.57. The molecule has 0 saturated heterocycles. The minimum Gasteiger partial charge on any atom is -0.284 e. The van der Waals surface area contributed by atoms with Crippen LogP contribution in [0.1, 0.15) is 22.4 Å². The van der Waals surface area contributed by atoms with Crippen LogP contribution in [-0.4, -0.2) is 10.2 Å². The summed E-state index contributed by atoms with van der Waals surface area (Å²) < 4.78 is 0.962. The highest BCUT2D eigenvalue weighted by Crippen LogP contribution is 2.46. The van der Waals surface area contributed by atoms with Crippen LogP contribution < -0.4 is 0 Å². The number of nitrogens with one attached hydrogen (secondary N) is 1. The fourth-order valence-corrected chi connectivity index (χ4v) is 4.00. The predicted molar refractivity (Wildman–Crippen MR) is 105 cm³/mol. The zero-order chi connectivity index (χ0) is 17.1. The van der Waals surface area contributed by atoms with E-state index >= 15 is 0 Å². The Morgan fingerprint density at radius 2 is 1.04 bits per heavy atom. The molecular formula is C22H17BrN2. The number of benzene rings is 3. The maximum atomic E-state index is 4.65. The van der Waals surface area contributed by atoms with Gasteiger partial charge < -0.3 is 0 Å². The van der Waals surface area contributed by atoms with E-state index in [2.05, 4.69) is 98.9 Å². The smallest absolute Gasteiger partial charge is 0.0958 e. The number of aromatic amines is 1. The van der Waals surface area contributed by atoms with Crippen molar-refractivity contribution in [1.29, 1.82) is 0 Å². The van der Waals surface area contributed by atoms with Gasteiger partial charge in [0.15, 0.2) is 0 Å². The monoisotopic (exact) mass is 388 g/mol. The molecule has 0 amide bonds. The molecule has 0 fully saturated rings. The van der Waals surface area contributed by atoms with Gasteiger partial charge in [0.25, 0.3) is 0 Å². The molecule has 1 N–H and O–H groups in total. The van der Waals surface area contributed by atoms with Gasteiger partial charge in [-0.2, -0.15) is 5.10 Å². The van der Waals surface area contributed by atoms with Crippen molar-refractivity contribution in [3.63, 3.8) is 0 Å². The molecule has 1 heterocycles. The highest BCUT2D eigenvalue weighted by Gasteiger charge is 2.41. The van der Waals surface area contributed by atoms with Crippen molar-refractivity contribution in [2.45, 2.75) is 5.41 Å². The lowest BCUT2D eigenvalue weighted by Gasteiger charge is -2.34. The Bertz CT molecular complexity index is 850. The van der Waals surface area contributed by atoms with Crippen LogP contribution in [-0.2, 0) is 5.41 Å². The maximum absolute atomic E-state index is 4.65. The van der Waals surface area contributed by atoms with Crippen molar-refractivity contribution >= 4 is 15.9 Å². The SMILES string of the molecule is Brc1c[nH]nc1C(c1ccccc1)(c1ccccc1)c1ccccc1. The summed E-state index contributed by atoms with van der Waals surface area (Å²) in [5.41, 5.74) is 4.00. The van der Waals surface area contributed by atoms with E-state index in [0.29, 0.717) is 0 Å². The van der Waals surface area contributed by atoms with Gasteiger partial charge in [0.1, 0.15) is 0 Å². The quantitative estimate of drug-likeness (QED) is 0.455. The molecule has 3 aromatic carbocycles. The van der Waals surface area contributed by atoms with Crippen LogP contribution in [0, 0.1) is 0 Å². The fourth-order valence-electron chi connectivity index (χ4n) is 3.51.